The Morgan fingerprint density at radius 2 is 1.74 bits per heavy atom. The van der Waals surface area contributed by atoms with Crippen molar-refractivity contribution in [3.8, 4) is 28.8 Å². The highest BCUT2D eigenvalue weighted by Gasteiger charge is 2.35. The van der Waals surface area contributed by atoms with Crippen molar-refractivity contribution in [3.63, 3.8) is 0 Å². The molecule has 0 aliphatic heterocycles. The Morgan fingerprint density at radius 1 is 1.08 bits per heavy atom. The fraction of sp³-hybridized carbons (Fsp3) is 0.308. The highest BCUT2D eigenvalue weighted by atomic mass is 32.2. The Balaban J connectivity index is 1.82. The van der Waals surface area contributed by atoms with Crippen LogP contribution < -0.4 is 14.2 Å². The molecule has 0 aliphatic rings. The van der Waals surface area contributed by atoms with E-state index in [-0.39, 0.29) is 24.2 Å². The molecule has 0 saturated heterocycles. The minimum atomic E-state index is -4.16. The molecule has 4 rings (SSSR count). The number of aromatic nitrogens is 5. The van der Waals surface area contributed by atoms with Gasteiger partial charge in [0, 0.05) is 12.4 Å². The monoisotopic (exact) mass is 554 g/mol. The molecule has 1 N–H and O–H groups in total. The smallest absolute Gasteiger partial charge is 0.243 e. The molecule has 4 aromatic rings. The van der Waals surface area contributed by atoms with Gasteiger partial charge in [-0.3, -0.25) is 9.29 Å². The number of hydrogen-bond acceptors (Lipinski definition) is 10. The van der Waals surface area contributed by atoms with Crippen LogP contribution in [0.25, 0.3) is 17.3 Å². The van der Waals surface area contributed by atoms with E-state index >= 15 is 0 Å². The van der Waals surface area contributed by atoms with Gasteiger partial charge in [-0.15, -0.1) is 16.8 Å². The molecule has 1 aromatic carbocycles. The van der Waals surface area contributed by atoms with Crippen molar-refractivity contribution >= 4 is 16.0 Å². The summed E-state index contributed by atoms with van der Waals surface area (Å²) >= 11 is 0. The van der Waals surface area contributed by atoms with Gasteiger partial charge < -0.3 is 18.6 Å². The van der Waals surface area contributed by atoms with Crippen molar-refractivity contribution in [2.75, 3.05) is 25.5 Å². The molecule has 2 atom stereocenters. The zero-order valence-corrected chi connectivity index (χ0v) is 23.1. The summed E-state index contributed by atoms with van der Waals surface area (Å²) in [4.78, 5) is 8.58. The molecule has 13 heteroatoms. The molecule has 0 saturated carbocycles. The van der Waals surface area contributed by atoms with Crippen molar-refractivity contribution in [1.82, 2.24) is 24.7 Å². The maximum Gasteiger partial charge on any atom is 0.243 e. The number of rotatable bonds is 12. The summed E-state index contributed by atoms with van der Waals surface area (Å²) in [7, 11) is -1.17. The Labute approximate surface area is 226 Å². The van der Waals surface area contributed by atoms with Crippen LogP contribution in [-0.2, 0) is 14.8 Å². The molecule has 0 fully saturated rings. The SMILES string of the molecule is C=CCOC(c1ncc(C)cn1)C(C)S(=O)(=O)Nc1nnc(-c2ccc(C)o2)n1-c1c(OC)cccc1OC. The van der Waals surface area contributed by atoms with Gasteiger partial charge in [0.2, 0.25) is 21.8 Å². The standard InChI is InChI=1S/C26H30N6O6S/c1-7-13-37-23(24-27-14-16(2)15-28-24)18(4)39(33,34)31-26-30-29-25(21-12-11-17(3)38-21)32(26)22-19(35-5)9-8-10-20(22)36-6/h7-12,14-15,18,23H,1,13H2,2-6H3,(H,30,31). The first-order valence-electron chi connectivity index (χ1n) is 12.0. The molecule has 3 aromatic heterocycles. The predicted molar refractivity (Wildman–Crippen MR) is 145 cm³/mol. The molecule has 0 radical (unpaired) electrons. The maximum absolute atomic E-state index is 13.7. The number of furan rings is 1. The Kier molecular flexibility index (Phi) is 8.31. The number of anilines is 1. The molecular weight excluding hydrogens is 524 g/mol. The normalized spacial score (nSPS) is 13.1. The zero-order chi connectivity index (χ0) is 28.2. The zero-order valence-electron chi connectivity index (χ0n) is 22.3. The number of aryl methyl sites for hydroxylation is 2. The van der Waals surface area contributed by atoms with E-state index in [9.17, 15) is 8.42 Å². The molecule has 3 heterocycles. The molecular formula is C26H30N6O6S. The number of sulfonamides is 1. The number of hydrogen-bond donors (Lipinski definition) is 1. The van der Waals surface area contributed by atoms with Crippen LogP contribution in [0.1, 0.15) is 30.2 Å². The summed E-state index contributed by atoms with van der Waals surface area (Å²) < 4.78 is 54.3. The highest BCUT2D eigenvalue weighted by Crippen LogP contribution is 2.38. The van der Waals surface area contributed by atoms with Gasteiger partial charge in [0.15, 0.2) is 11.6 Å². The van der Waals surface area contributed by atoms with Crippen molar-refractivity contribution in [1.29, 1.82) is 0 Å². The second kappa shape index (κ2) is 11.7. The molecule has 206 valence electrons. The lowest BCUT2D eigenvalue weighted by Gasteiger charge is -2.23. The Bertz CT molecular complexity index is 1530. The fourth-order valence-electron chi connectivity index (χ4n) is 3.85. The largest absolute Gasteiger partial charge is 0.494 e. The van der Waals surface area contributed by atoms with Crippen LogP contribution in [-0.4, -0.2) is 59.2 Å². The molecule has 12 nitrogen and oxygen atoms in total. The van der Waals surface area contributed by atoms with E-state index in [4.69, 9.17) is 18.6 Å². The molecule has 0 aliphatic carbocycles. The van der Waals surface area contributed by atoms with Gasteiger partial charge in [0.1, 0.15) is 34.3 Å². The fourth-order valence-corrected chi connectivity index (χ4v) is 4.95. The molecule has 0 bridgehead atoms. The minimum Gasteiger partial charge on any atom is -0.494 e. The van der Waals surface area contributed by atoms with Gasteiger partial charge in [0.05, 0.1) is 20.8 Å². The van der Waals surface area contributed by atoms with Gasteiger partial charge in [-0.05, 0) is 50.6 Å². The second-order valence-electron chi connectivity index (χ2n) is 8.62. The van der Waals surface area contributed by atoms with E-state index in [2.05, 4.69) is 31.5 Å². The summed E-state index contributed by atoms with van der Waals surface area (Å²) in [5.41, 5.74) is 1.21. The lowest BCUT2D eigenvalue weighted by Crippen LogP contribution is -2.34. The summed E-state index contributed by atoms with van der Waals surface area (Å²) in [5, 5.41) is 7.27. The topological polar surface area (TPSA) is 143 Å². The van der Waals surface area contributed by atoms with Gasteiger partial charge in [0.25, 0.3) is 0 Å². The third kappa shape index (κ3) is 5.78. The summed E-state index contributed by atoms with van der Waals surface area (Å²) in [6, 6.07) is 8.65. The number of nitrogens with zero attached hydrogens (tertiary/aromatic N) is 5. The van der Waals surface area contributed by atoms with Crippen LogP contribution in [0.4, 0.5) is 5.95 Å². The van der Waals surface area contributed by atoms with Gasteiger partial charge in [-0.2, -0.15) is 0 Å². The van der Waals surface area contributed by atoms with Gasteiger partial charge in [-0.1, -0.05) is 12.1 Å². The number of nitrogens with one attached hydrogen (secondary N) is 1. The molecule has 0 amide bonds. The average molecular weight is 555 g/mol. The van der Waals surface area contributed by atoms with E-state index in [1.54, 1.807) is 49.6 Å². The lowest BCUT2D eigenvalue weighted by molar-refractivity contribution is 0.0670. The van der Waals surface area contributed by atoms with E-state index in [0.717, 1.165) is 5.56 Å². The number of ether oxygens (including phenoxy) is 3. The first kappa shape index (κ1) is 27.8. The van der Waals surface area contributed by atoms with Crippen molar-refractivity contribution in [2.24, 2.45) is 0 Å². The first-order chi connectivity index (χ1) is 18.7. The maximum atomic E-state index is 13.7. The molecule has 39 heavy (non-hydrogen) atoms. The minimum absolute atomic E-state index is 0.0956. The number of methoxy groups -OCH3 is 2. The van der Waals surface area contributed by atoms with Crippen LogP contribution in [0, 0.1) is 13.8 Å². The number of para-hydroxylation sites is 1. The Morgan fingerprint density at radius 3 is 2.31 bits per heavy atom. The summed E-state index contributed by atoms with van der Waals surface area (Å²) in [6.07, 6.45) is 3.73. The number of benzene rings is 1. The first-order valence-corrected chi connectivity index (χ1v) is 13.5. The molecule has 2 unspecified atom stereocenters. The van der Waals surface area contributed by atoms with Crippen LogP contribution in [0.2, 0.25) is 0 Å². The second-order valence-corrected chi connectivity index (χ2v) is 10.7. The third-order valence-corrected chi connectivity index (χ3v) is 7.54. The van der Waals surface area contributed by atoms with E-state index < -0.39 is 21.4 Å². The van der Waals surface area contributed by atoms with E-state index in [1.807, 2.05) is 6.92 Å². The van der Waals surface area contributed by atoms with Crippen LogP contribution in [0.15, 0.2) is 59.8 Å². The van der Waals surface area contributed by atoms with Crippen molar-refractivity contribution in [2.45, 2.75) is 32.1 Å². The van der Waals surface area contributed by atoms with E-state index in [0.29, 0.717) is 28.7 Å². The summed E-state index contributed by atoms with van der Waals surface area (Å²) in [5.74, 6) is 2.15. The van der Waals surface area contributed by atoms with Crippen molar-refractivity contribution < 1.29 is 27.0 Å². The quantitative estimate of drug-likeness (QED) is 0.255. The Hall–Kier alpha value is -4.23. The van der Waals surface area contributed by atoms with E-state index in [1.165, 1.54) is 31.8 Å². The lowest BCUT2D eigenvalue weighted by atomic mass is 10.2. The van der Waals surface area contributed by atoms with Crippen LogP contribution >= 0.6 is 0 Å². The highest BCUT2D eigenvalue weighted by molar-refractivity contribution is 7.93. The van der Waals surface area contributed by atoms with Gasteiger partial charge in [-0.25, -0.2) is 18.4 Å². The van der Waals surface area contributed by atoms with Crippen molar-refractivity contribution in [3.05, 3.63) is 72.5 Å². The molecule has 0 spiro atoms. The van der Waals surface area contributed by atoms with Crippen LogP contribution in [0.3, 0.4) is 0 Å². The predicted octanol–water partition coefficient (Wildman–Crippen LogP) is 4.03. The van der Waals surface area contributed by atoms with Crippen LogP contribution in [0.5, 0.6) is 11.5 Å². The van der Waals surface area contributed by atoms with Gasteiger partial charge >= 0.3 is 0 Å². The summed E-state index contributed by atoms with van der Waals surface area (Å²) in [6.45, 7) is 8.87. The average Bonchev–Trinajstić information content (AvgIpc) is 3.54. The third-order valence-electron chi connectivity index (χ3n) is 5.85.